The molecule has 1 aromatic rings. The van der Waals surface area contributed by atoms with Crippen molar-refractivity contribution in [1.29, 1.82) is 0 Å². The molecule has 20 heavy (non-hydrogen) atoms. The smallest absolute Gasteiger partial charge is 1.00 e. The minimum atomic E-state index is -4.34. The maximum absolute atomic E-state index is 11.8. The van der Waals surface area contributed by atoms with Crippen molar-refractivity contribution in [3.63, 3.8) is 0 Å². The molecule has 0 amide bonds. The fraction of sp³-hybridized carbons (Fsp3) is 0.364. The normalized spacial score (nSPS) is 12.2. The molecule has 0 saturated carbocycles. The largest absolute Gasteiger partial charge is 1.00 e. The fourth-order valence-electron chi connectivity index (χ4n) is 1.58. The van der Waals surface area contributed by atoms with Crippen molar-refractivity contribution in [3.05, 3.63) is 27.7 Å². The van der Waals surface area contributed by atoms with E-state index in [-0.39, 0.29) is 47.9 Å². The Hall–Kier alpha value is -0.120. The van der Waals surface area contributed by atoms with Gasteiger partial charge in [0.15, 0.2) is 0 Å². The van der Waals surface area contributed by atoms with Crippen LogP contribution in [0.15, 0.2) is 16.6 Å². The third kappa shape index (κ3) is 4.19. The quantitative estimate of drug-likeness (QED) is 0.425. The summed E-state index contributed by atoms with van der Waals surface area (Å²) in [6, 6.07) is 2.94. The second kappa shape index (κ2) is 7.77. The zero-order chi connectivity index (χ0) is 14.8. The van der Waals surface area contributed by atoms with Crippen molar-refractivity contribution in [2.75, 3.05) is 14.2 Å². The molecule has 0 aliphatic carbocycles. The summed E-state index contributed by atoms with van der Waals surface area (Å²) in [5.74, 6) is -0.594. The van der Waals surface area contributed by atoms with Gasteiger partial charge >= 0.3 is 35.5 Å². The van der Waals surface area contributed by atoms with Crippen LogP contribution in [0, 0.1) is 0 Å². The van der Waals surface area contributed by atoms with Gasteiger partial charge in [-0.05, 0) is 34.5 Å². The second-order valence-electron chi connectivity index (χ2n) is 3.69. The van der Waals surface area contributed by atoms with E-state index in [9.17, 15) is 13.2 Å². The third-order valence-electron chi connectivity index (χ3n) is 2.62. The van der Waals surface area contributed by atoms with Crippen LogP contribution in [-0.4, -0.2) is 33.2 Å². The van der Waals surface area contributed by atoms with Gasteiger partial charge in [0.2, 0.25) is 0 Å². The van der Waals surface area contributed by atoms with Crippen LogP contribution in [-0.2, 0) is 14.9 Å². The van der Waals surface area contributed by atoms with Gasteiger partial charge in [-0.1, -0.05) is 6.07 Å². The van der Waals surface area contributed by atoms with Crippen LogP contribution in [0.3, 0.4) is 0 Å². The summed E-state index contributed by atoms with van der Waals surface area (Å²) in [6.45, 7) is 1.27. The van der Waals surface area contributed by atoms with E-state index in [4.69, 9.17) is 9.29 Å². The molecular weight excluding hydrogens is 363 g/mol. The summed E-state index contributed by atoms with van der Waals surface area (Å²) < 4.78 is 41.8. The Balaban J connectivity index is 0. The number of hydrogen-bond donors (Lipinski definition) is 1. The van der Waals surface area contributed by atoms with Crippen LogP contribution in [0.2, 0.25) is 0 Å². The van der Waals surface area contributed by atoms with E-state index in [1.54, 1.807) is 0 Å². The summed E-state index contributed by atoms with van der Waals surface area (Å²) in [5.41, 5.74) is 0.0684. The SMILES string of the molecule is COC(=O)c1c(C(C)S(=O)(=O)O)ccc(Br)c1OC.[H-].[Na+]. The van der Waals surface area contributed by atoms with Crippen LogP contribution in [0.5, 0.6) is 5.75 Å². The van der Waals surface area contributed by atoms with Crippen molar-refractivity contribution < 1.29 is 58.2 Å². The van der Waals surface area contributed by atoms with Crippen molar-refractivity contribution >= 4 is 32.0 Å². The number of benzene rings is 1. The zero-order valence-corrected chi connectivity index (χ0v) is 15.9. The summed E-state index contributed by atoms with van der Waals surface area (Å²) in [5, 5.41) is -1.27. The van der Waals surface area contributed by atoms with Crippen molar-refractivity contribution in [2.45, 2.75) is 12.2 Å². The first-order valence-electron chi connectivity index (χ1n) is 5.15. The van der Waals surface area contributed by atoms with Gasteiger partial charge in [-0.3, -0.25) is 4.55 Å². The fourth-order valence-corrected chi connectivity index (χ4v) is 2.59. The Morgan fingerprint density at radius 2 is 1.95 bits per heavy atom. The van der Waals surface area contributed by atoms with Gasteiger partial charge in [0.1, 0.15) is 16.6 Å². The molecule has 0 aliphatic heterocycles. The van der Waals surface area contributed by atoms with Crippen molar-refractivity contribution in [2.24, 2.45) is 0 Å². The molecule has 1 N–H and O–H groups in total. The van der Waals surface area contributed by atoms with Crippen LogP contribution < -0.4 is 34.3 Å². The van der Waals surface area contributed by atoms with Crippen LogP contribution in [0.4, 0.5) is 0 Å². The molecule has 108 valence electrons. The van der Waals surface area contributed by atoms with E-state index >= 15 is 0 Å². The molecule has 0 aliphatic rings. The van der Waals surface area contributed by atoms with Gasteiger partial charge in [-0.2, -0.15) is 8.42 Å². The molecule has 6 nitrogen and oxygen atoms in total. The van der Waals surface area contributed by atoms with E-state index in [2.05, 4.69) is 20.7 Å². The van der Waals surface area contributed by atoms with E-state index in [0.29, 0.717) is 4.47 Å². The molecule has 0 heterocycles. The molecule has 1 atom stereocenters. The predicted molar refractivity (Wildman–Crippen MR) is 73.1 cm³/mol. The molecule has 0 radical (unpaired) electrons. The first kappa shape index (κ1) is 19.9. The summed E-state index contributed by atoms with van der Waals surface area (Å²) >= 11 is 3.19. The summed E-state index contributed by atoms with van der Waals surface area (Å²) in [7, 11) is -1.82. The number of carbonyl (C=O) groups excluding carboxylic acids is 1. The molecule has 1 unspecified atom stereocenters. The van der Waals surface area contributed by atoms with E-state index in [0.717, 1.165) is 0 Å². The van der Waals surface area contributed by atoms with Gasteiger partial charge < -0.3 is 10.9 Å². The molecule has 1 rings (SSSR count). The molecular formula is C11H14BrNaO6S. The number of halogens is 1. The third-order valence-corrected chi connectivity index (χ3v) is 4.39. The van der Waals surface area contributed by atoms with Crippen LogP contribution in [0.1, 0.15) is 29.5 Å². The van der Waals surface area contributed by atoms with Gasteiger partial charge in [-0.25, -0.2) is 4.79 Å². The Bertz CT molecular complexity index is 607. The van der Waals surface area contributed by atoms with E-state index in [1.807, 2.05) is 0 Å². The predicted octanol–water partition coefficient (Wildman–Crippen LogP) is -0.690. The number of carbonyl (C=O) groups is 1. The molecule has 0 spiro atoms. The molecule has 1 aromatic carbocycles. The Morgan fingerprint density at radius 1 is 1.40 bits per heavy atom. The van der Waals surface area contributed by atoms with Gasteiger partial charge in [0, 0.05) is 0 Å². The second-order valence-corrected chi connectivity index (χ2v) is 6.29. The van der Waals surface area contributed by atoms with Crippen molar-refractivity contribution in [1.82, 2.24) is 0 Å². The van der Waals surface area contributed by atoms with E-state index in [1.165, 1.54) is 33.3 Å². The van der Waals surface area contributed by atoms with Crippen molar-refractivity contribution in [3.8, 4) is 5.75 Å². The van der Waals surface area contributed by atoms with E-state index < -0.39 is 21.3 Å². The molecule has 0 bridgehead atoms. The summed E-state index contributed by atoms with van der Waals surface area (Å²) in [4.78, 5) is 11.8. The maximum atomic E-state index is 11.8. The van der Waals surface area contributed by atoms with Crippen LogP contribution in [0.25, 0.3) is 0 Å². The van der Waals surface area contributed by atoms with Crippen LogP contribution >= 0.6 is 15.9 Å². The molecule has 9 heteroatoms. The topological polar surface area (TPSA) is 89.9 Å². The van der Waals surface area contributed by atoms with Gasteiger partial charge in [0.25, 0.3) is 10.1 Å². The first-order chi connectivity index (χ1) is 8.73. The number of esters is 1. The molecule has 0 fully saturated rings. The average molecular weight is 377 g/mol. The Kier molecular flexibility index (Phi) is 7.72. The minimum Gasteiger partial charge on any atom is -1.00 e. The average Bonchev–Trinajstić information content (AvgIpc) is 2.35. The minimum absolute atomic E-state index is 0. The van der Waals surface area contributed by atoms with Gasteiger partial charge in [0.05, 0.1) is 18.7 Å². The number of rotatable bonds is 4. The molecule has 0 saturated heterocycles. The molecule has 0 aromatic heterocycles. The Morgan fingerprint density at radius 3 is 2.35 bits per heavy atom. The maximum Gasteiger partial charge on any atom is 1.00 e. The monoisotopic (exact) mass is 376 g/mol. The number of methoxy groups -OCH3 is 2. The zero-order valence-electron chi connectivity index (χ0n) is 12.5. The number of ether oxygens (including phenoxy) is 2. The first-order valence-corrected chi connectivity index (χ1v) is 7.44. The van der Waals surface area contributed by atoms with Gasteiger partial charge in [-0.15, -0.1) is 0 Å². The standard InChI is InChI=1S/C11H13BrO6S.Na.H/c1-6(19(14,15)16)7-4-5-8(12)10(17-2)9(7)11(13)18-3;;/h4-6H,1-3H3,(H,14,15,16);;/q;+1;-1. The Labute approximate surface area is 149 Å². The summed E-state index contributed by atoms with van der Waals surface area (Å²) in [6.07, 6.45) is 0. The number of hydrogen-bond acceptors (Lipinski definition) is 5.